The molecule has 0 radical (unpaired) electrons. The second kappa shape index (κ2) is 5.96. The Bertz CT molecular complexity index is 464. The molecule has 0 heterocycles. The zero-order chi connectivity index (χ0) is 14.8. The van der Waals surface area contributed by atoms with Crippen LogP contribution in [0.15, 0.2) is 24.3 Å². The molecule has 1 fully saturated rings. The second-order valence-electron chi connectivity index (χ2n) is 6.87. The van der Waals surface area contributed by atoms with Crippen molar-refractivity contribution in [3.8, 4) is 0 Å². The monoisotopic (exact) mass is 274 g/mol. The van der Waals surface area contributed by atoms with Crippen LogP contribution in [0.5, 0.6) is 0 Å². The molecule has 1 aliphatic rings. The van der Waals surface area contributed by atoms with Crippen molar-refractivity contribution in [3.05, 3.63) is 35.4 Å². The Kier molecular flexibility index (Phi) is 4.48. The first-order chi connectivity index (χ1) is 9.41. The lowest BCUT2D eigenvalue weighted by atomic mass is 9.70. The molecule has 1 amide bonds. The topological polar surface area (TPSA) is 55.1 Å². The van der Waals surface area contributed by atoms with E-state index in [1.165, 1.54) is 12.8 Å². The summed E-state index contributed by atoms with van der Waals surface area (Å²) in [6, 6.07) is 7.85. The Morgan fingerprint density at radius 1 is 1.35 bits per heavy atom. The number of carbonyl (C=O) groups is 1. The van der Waals surface area contributed by atoms with Crippen LogP contribution in [-0.4, -0.2) is 11.9 Å². The normalized spacial score (nSPS) is 25.2. The molecule has 1 saturated carbocycles. The molecule has 0 bridgehead atoms. The molecular weight excluding hydrogens is 248 g/mol. The van der Waals surface area contributed by atoms with Crippen LogP contribution in [0, 0.1) is 11.3 Å². The zero-order valence-electron chi connectivity index (χ0n) is 12.8. The summed E-state index contributed by atoms with van der Waals surface area (Å²) in [5, 5.41) is 3.19. The van der Waals surface area contributed by atoms with E-state index in [0.29, 0.717) is 23.9 Å². The molecule has 0 aliphatic heterocycles. The van der Waals surface area contributed by atoms with E-state index in [1.54, 1.807) is 0 Å². The Morgan fingerprint density at radius 2 is 2.00 bits per heavy atom. The van der Waals surface area contributed by atoms with Crippen LogP contribution in [0.2, 0.25) is 0 Å². The Morgan fingerprint density at radius 3 is 2.55 bits per heavy atom. The highest BCUT2D eigenvalue weighted by atomic mass is 16.1. The molecule has 1 aromatic rings. The van der Waals surface area contributed by atoms with Gasteiger partial charge in [-0.1, -0.05) is 32.9 Å². The van der Waals surface area contributed by atoms with Crippen LogP contribution in [0.25, 0.3) is 0 Å². The van der Waals surface area contributed by atoms with E-state index in [4.69, 9.17) is 5.73 Å². The van der Waals surface area contributed by atoms with Gasteiger partial charge >= 0.3 is 0 Å². The number of nitrogens with two attached hydrogens (primary N) is 1. The van der Waals surface area contributed by atoms with Crippen LogP contribution in [0.1, 0.15) is 56.0 Å². The summed E-state index contributed by atoms with van der Waals surface area (Å²) < 4.78 is 0. The number of rotatable bonds is 3. The molecule has 2 rings (SSSR count). The third-order valence-electron chi connectivity index (χ3n) is 4.46. The quantitative estimate of drug-likeness (QED) is 0.890. The molecule has 110 valence electrons. The van der Waals surface area contributed by atoms with Crippen molar-refractivity contribution in [2.75, 3.05) is 0 Å². The van der Waals surface area contributed by atoms with Gasteiger partial charge in [0.05, 0.1) is 0 Å². The summed E-state index contributed by atoms with van der Waals surface area (Å²) in [6.07, 6.45) is 3.42. The predicted octanol–water partition coefficient (Wildman–Crippen LogP) is 3.09. The van der Waals surface area contributed by atoms with Crippen LogP contribution in [0.3, 0.4) is 0 Å². The maximum absolute atomic E-state index is 12.3. The number of benzene rings is 1. The van der Waals surface area contributed by atoms with Crippen molar-refractivity contribution in [2.45, 2.75) is 52.6 Å². The van der Waals surface area contributed by atoms with Gasteiger partial charge in [-0.05, 0) is 48.3 Å². The van der Waals surface area contributed by atoms with Crippen molar-refractivity contribution in [3.63, 3.8) is 0 Å². The maximum Gasteiger partial charge on any atom is 0.251 e. The standard InChI is InChI=1S/C17H26N2O/c1-12-10-17(2,3)9-8-15(12)19-16(20)14-6-4-13(11-18)5-7-14/h4-7,12,15H,8-11,18H2,1-3H3,(H,19,20). The van der Waals surface area contributed by atoms with Gasteiger partial charge in [0.2, 0.25) is 0 Å². The molecule has 3 N–H and O–H groups in total. The predicted molar refractivity (Wildman–Crippen MR) is 82.4 cm³/mol. The van der Waals surface area contributed by atoms with E-state index in [2.05, 4.69) is 26.1 Å². The average molecular weight is 274 g/mol. The first kappa shape index (κ1) is 15.0. The minimum absolute atomic E-state index is 0.0325. The Balaban J connectivity index is 1.97. The van der Waals surface area contributed by atoms with Gasteiger partial charge in [-0.3, -0.25) is 4.79 Å². The first-order valence-corrected chi connectivity index (χ1v) is 7.51. The molecule has 0 saturated heterocycles. The third-order valence-corrected chi connectivity index (χ3v) is 4.46. The summed E-state index contributed by atoms with van der Waals surface area (Å²) in [5.74, 6) is 0.566. The lowest BCUT2D eigenvalue weighted by Gasteiger charge is -2.39. The smallest absolute Gasteiger partial charge is 0.251 e. The first-order valence-electron chi connectivity index (χ1n) is 7.51. The van der Waals surface area contributed by atoms with E-state index >= 15 is 0 Å². The molecule has 1 aromatic carbocycles. The van der Waals surface area contributed by atoms with Crippen LogP contribution in [0.4, 0.5) is 0 Å². The highest BCUT2D eigenvalue weighted by Gasteiger charge is 2.33. The third kappa shape index (κ3) is 3.60. The van der Waals surface area contributed by atoms with Crippen LogP contribution < -0.4 is 11.1 Å². The maximum atomic E-state index is 12.3. The molecular formula is C17H26N2O. The lowest BCUT2D eigenvalue weighted by molar-refractivity contribution is 0.0861. The fourth-order valence-corrected chi connectivity index (χ4v) is 3.21. The van der Waals surface area contributed by atoms with E-state index in [-0.39, 0.29) is 5.91 Å². The molecule has 2 unspecified atom stereocenters. The average Bonchev–Trinajstić information content (AvgIpc) is 2.41. The SMILES string of the molecule is CC1CC(C)(C)CCC1NC(=O)c1ccc(CN)cc1. The summed E-state index contributed by atoms with van der Waals surface area (Å²) in [7, 11) is 0. The number of hydrogen-bond donors (Lipinski definition) is 2. The van der Waals surface area contributed by atoms with Crippen molar-refractivity contribution >= 4 is 5.91 Å². The van der Waals surface area contributed by atoms with Crippen molar-refractivity contribution in [1.82, 2.24) is 5.32 Å². The van der Waals surface area contributed by atoms with Crippen molar-refractivity contribution in [2.24, 2.45) is 17.1 Å². The molecule has 2 atom stereocenters. The van der Waals surface area contributed by atoms with Gasteiger partial charge in [0.15, 0.2) is 0 Å². The molecule has 1 aliphatic carbocycles. The van der Waals surface area contributed by atoms with Gasteiger partial charge in [0, 0.05) is 18.2 Å². The Hall–Kier alpha value is -1.35. The van der Waals surface area contributed by atoms with Crippen molar-refractivity contribution in [1.29, 1.82) is 0 Å². The Labute approximate surface area is 121 Å². The fourth-order valence-electron chi connectivity index (χ4n) is 3.21. The molecule has 3 heteroatoms. The van der Waals surface area contributed by atoms with E-state index in [1.807, 2.05) is 24.3 Å². The van der Waals surface area contributed by atoms with Gasteiger partial charge in [0.25, 0.3) is 5.91 Å². The van der Waals surface area contributed by atoms with Gasteiger partial charge in [0.1, 0.15) is 0 Å². The van der Waals surface area contributed by atoms with Crippen LogP contribution in [-0.2, 0) is 6.54 Å². The lowest BCUT2D eigenvalue weighted by Crippen LogP contribution is -2.44. The molecule has 0 spiro atoms. The highest BCUT2D eigenvalue weighted by Crippen LogP contribution is 2.38. The van der Waals surface area contributed by atoms with Gasteiger partial charge in [-0.25, -0.2) is 0 Å². The van der Waals surface area contributed by atoms with E-state index in [0.717, 1.165) is 17.5 Å². The van der Waals surface area contributed by atoms with Gasteiger partial charge in [-0.2, -0.15) is 0 Å². The largest absolute Gasteiger partial charge is 0.349 e. The zero-order valence-corrected chi connectivity index (χ0v) is 12.8. The van der Waals surface area contributed by atoms with Crippen LogP contribution >= 0.6 is 0 Å². The molecule has 0 aromatic heterocycles. The van der Waals surface area contributed by atoms with E-state index in [9.17, 15) is 4.79 Å². The molecule has 3 nitrogen and oxygen atoms in total. The van der Waals surface area contributed by atoms with Gasteiger partial charge in [-0.15, -0.1) is 0 Å². The number of hydrogen-bond acceptors (Lipinski definition) is 2. The minimum atomic E-state index is 0.0325. The molecule has 20 heavy (non-hydrogen) atoms. The van der Waals surface area contributed by atoms with E-state index < -0.39 is 0 Å². The summed E-state index contributed by atoms with van der Waals surface area (Å²) in [4.78, 5) is 12.3. The van der Waals surface area contributed by atoms with Crippen molar-refractivity contribution < 1.29 is 4.79 Å². The number of nitrogens with one attached hydrogen (secondary N) is 1. The number of carbonyl (C=O) groups excluding carboxylic acids is 1. The second-order valence-corrected chi connectivity index (χ2v) is 6.87. The summed E-state index contributed by atoms with van der Waals surface area (Å²) >= 11 is 0. The highest BCUT2D eigenvalue weighted by molar-refractivity contribution is 5.94. The minimum Gasteiger partial charge on any atom is -0.349 e. The van der Waals surface area contributed by atoms with Gasteiger partial charge < -0.3 is 11.1 Å². The number of amides is 1. The fraction of sp³-hybridized carbons (Fsp3) is 0.588. The summed E-state index contributed by atoms with van der Waals surface area (Å²) in [6.45, 7) is 7.38. The summed E-state index contributed by atoms with van der Waals surface area (Å²) in [5.41, 5.74) is 7.75.